The lowest BCUT2D eigenvalue weighted by molar-refractivity contribution is -0.142. The van der Waals surface area contributed by atoms with Crippen molar-refractivity contribution in [2.45, 2.75) is 36.9 Å². The van der Waals surface area contributed by atoms with E-state index in [2.05, 4.69) is 19.9 Å². The van der Waals surface area contributed by atoms with Crippen LogP contribution in [0.15, 0.2) is 48.8 Å². The van der Waals surface area contributed by atoms with Crippen molar-refractivity contribution in [1.82, 2.24) is 19.7 Å². The Balaban J connectivity index is 1.59. The van der Waals surface area contributed by atoms with Crippen LogP contribution in [0.3, 0.4) is 0 Å². The van der Waals surface area contributed by atoms with Gasteiger partial charge in [-0.2, -0.15) is 15.4 Å². The number of ether oxygens (including phenoxy) is 2. The summed E-state index contributed by atoms with van der Waals surface area (Å²) in [6.45, 7) is 0.806. The number of aliphatic hydroxyl groups is 2. The van der Waals surface area contributed by atoms with E-state index in [0.29, 0.717) is 5.52 Å². The first-order valence-corrected chi connectivity index (χ1v) is 12.6. The number of nitrogens with zero attached hydrogens (tertiary/aromatic N) is 4. The lowest BCUT2D eigenvalue weighted by atomic mass is 9.92. The Morgan fingerprint density at radius 2 is 2.08 bits per heavy atom. The third-order valence-electron chi connectivity index (χ3n) is 5.77. The molecule has 37 heavy (non-hydrogen) atoms. The first kappa shape index (κ1) is 26.5. The maximum atomic E-state index is 13.6. The number of fused-ring (bicyclic) bond motifs is 1. The van der Waals surface area contributed by atoms with Crippen LogP contribution < -0.4 is 15.3 Å². The van der Waals surface area contributed by atoms with E-state index in [1.165, 1.54) is 49.1 Å². The highest BCUT2D eigenvalue weighted by Gasteiger charge is 2.58. The summed E-state index contributed by atoms with van der Waals surface area (Å²) in [6.07, 6.45) is -3.53. The van der Waals surface area contributed by atoms with Gasteiger partial charge in [0.05, 0.1) is 19.4 Å². The van der Waals surface area contributed by atoms with Gasteiger partial charge in [0, 0.05) is 0 Å². The molecule has 4 rings (SSSR count). The monoisotopic (exact) mass is 532 g/mol. The predicted octanol–water partition coefficient (Wildman–Crippen LogP) is 0.506. The minimum Gasteiger partial charge on any atom is -0.468 e. The average molecular weight is 532 g/mol. The zero-order chi connectivity index (χ0) is 26.8. The number of benzene rings is 1. The summed E-state index contributed by atoms with van der Waals surface area (Å²) >= 11 is 0. The third kappa shape index (κ3) is 5.01. The molecular weight excluding hydrogens is 507 g/mol. The Hall–Kier alpha value is -3.57. The fourth-order valence-electron chi connectivity index (χ4n) is 3.90. The number of nitrogen functional groups attached to an aromatic ring is 1. The number of methoxy groups -OCH3 is 1. The minimum atomic E-state index is -4.27. The van der Waals surface area contributed by atoms with E-state index in [9.17, 15) is 24.8 Å². The van der Waals surface area contributed by atoms with E-state index < -0.39 is 50.3 Å². The van der Waals surface area contributed by atoms with Gasteiger partial charge in [0.2, 0.25) is 5.60 Å². The van der Waals surface area contributed by atoms with Gasteiger partial charge in [-0.25, -0.2) is 14.1 Å². The first-order valence-electron chi connectivity index (χ1n) is 11.0. The number of carbonyl (C=O) groups is 1. The number of hydrogen-bond donors (Lipinski definition) is 4. The van der Waals surface area contributed by atoms with Crippen molar-refractivity contribution in [1.29, 1.82) is 5.26 Å². The van der Waals surface area contributed by atoms with Crippen molar-refractivity contribution in [3.8, 4) is 11.8 Å². The van der Waals surface area contributed by atoms with Crippen molar-refractivity contribution in [2.75, 3.05) is 19.5 Å². The molecule has 196 valence electrons. The summed E-state index contributed by atoms with van der Waals surface area (Å²) < 4.78 is 36.4. The van der Waals surface area contributed by atoms with E-state index in [1.54, 1.807) is 18.2 Å². The molecule has 0 bridgehead atoms. The van der Waals surface area contributed by atoms with Crippen LogP contribution >= 0.6 is 7.75 Å². The summed E-state index contributed by atoms with van der Waals surface area (Å²) in [5, 5.41) is 38.2. The van der Waals surface area contributed by atoms with E-state index in [-0.39, 0.29) is 17.3 Å². The van der Waals surface area contributed by atoms with Gasteiger partial charge in [0.25, 0.3) is 0 Å². The zero-order valence-corrected chi connectivity index (χ0v) is 20.7. The molecule has 1 fully saturated rings. The first-order chi connectivity index (χ1) is 17.6. The number of carbonyl (C=O) groups excluding carboxylic acids is 1. The number of nitriles is 1. The number of nitrogens with two attached hydrogens (primary N) is 1. The maximum absolute atomic E-state index is 13.6. The summed E-state index contributed by atoms with van der Waals surface area (Å²) in [5.41, 5.74) is 4.24. The van der Waals surface area contributed by atoms with Crippen LogP contribution in [0.1, 0.15) is 12.6 Å². The lowest BCUT2D eigenvalue weighted by Crippen LogP contribution is -2.41. The molecule has 14 nitrogen and oxygen atoms in total. The van der Waals surface area contributed by atoms with Crippen LogP contribution in [0, 0.1) is 11.3 Å². The van der Waals surface area contributed by atoms with E-state index in [1.807, 2.05) is 6.07 Å². The molecule has 0 amide bonds. The Morgan fingerprint density at radius 3 is 2.76 bits per heavy atom. The molecule has 6 atom stereocenters. The van der Waals surface area contributed by atoms with Crippen molar-refractivity contribution in [3.05, 3.63) is 54.5 Å². The van der Waals surface area contributed by atoms with Gasteiger partial charge in [-0.15, -0.1) is 0 Å². The quantitative estimate of drug-likeness (QED) is 0.219. The summed E-state index contributed by atoms with van der Waals surface area (Å²) in [4.78, 5) is 15.8. The molecule has 3 heterocycles. The predicted molar refractivity (Wildman–Crippen MR) is 127 cm³/mol. The number of rotatable bonds is 9. The van der Waals surface area contributed by atoms with E-state index in [4.69, 9.17) is 19.5 Å². The highest BCUT2D eigenvalue weighted by molar-refractivity contribution is 7.52. The number of esters is 1. The van der Waals surface area contributed by atoms with Crippen LogP contribution in [0.2, 0.25) is 0 Å². The number of para-hydroxylation sites is 1. The van der Waals surface area contributed by atoms with E-state index >= 15 is 0 Å². The van der Waals surface area contributed by atoms with Gasteiger partial charge in [-0.3, -0.25) is 9.32 Å². The summed E-state index contributed by atoms with van der Waals surface area (Å²) in [7, 11) is -3.10. The second-order valence-corrected chi connectivity index (χ2v) is 9.87. The second-order valence-electron chi connectivity index (χ2n) is 8.17. The molecule has 1 aliphatic rings. The molecule has 3 aromatic rings. The smallest absolute Gasteiger partial charge is 0.459 e. The molecule has 2 aromatic heterocycles. The van der Waals surface area contributed by atoms with Crippen LogP contribution in [-0.4, -0.2) is 68.9 Å². The van der Waals surface area contributed by atoms with Crippen molar-refractivity contribution < 1.29 is 38.1 Å². The highest BCUT2D eigenvalue weighted by atomic mass is 31.2. The van der Waals surface area contributed by atoms with E-state index in [0.717, 1.165) is 0 Å². The highest BCUT2D eigenvalue weighted by Crippen LogP contribution is 2.47. The Kier molecular flexibility index (Phi) is 7.47. The van der Waals surface area contributed by atoms with Crippen molar-refractivity contribution in [3.63, 3.8) is 0 Å². The molecule has 5 N–H and O–H groups in total. The Bertz CT molecular complexity index is 1360. The number of nitrogens with one attached hydrogen (secondary N) is 1. The van der Waals surface area contributed by atoms with Crippen LogP contribution in [0.25, 0.3) is 5.52 Å². The molecule has 15 heteroatoms. The molecule has 1 saturated heterocycles. The van der Waals surface area contributed by atoms with Crippen LogP contribution in [-0.2, 0) is 29.0 Å². The lowest BCUT2D eigenvalue weighted by Gasteiger charge is -2.25. The molecular formula is C22H25N6O8P. The van der Waals surface area contributed by atoms with Crippen LogP contribution in [0.4, 0.5) is 5.82 Å². The fraction of sp³-hybridized carbons (Fsp3) is 0.364. The van der Waals surface area contributed by atoms with Gasteiger partial charge in [0.1, 0.15) is 48.0 Å². The standard InChI is InChI=1S/C22H25N6O8P/c1-13(21(31)33-2)27-37(32,36-14-6-4-3-5-7-14)34-10-16-18(29)19(30)22(11-23,35-16)17-9-8-15-20(24)25-12-26-28(15)17/h3-9,12-13,16,18-19,29-30H,10H2,1-2H3,(H,27,32)(H2,24,25,26)/t13-,16+,18+,19+,22?,37-/m0/s1. The topological polar surface area (TPSA) is 204 Å². The van der Waals surface area contributed by atoms with Gasteiger partial charge >= 0.3 is 13.7 Å². The Labute approximate surface area is 211 Å². The molecule has 1 aromatic carbocycles. The van der Waals surface area contributed by atoms with Gasteiger partial charge in [-0.05, 0) is 31.2 Å². The van der Waals surface area contributed by atoms with Crippen molar-refractivity contribution >= 4 is 25.1 Å². The molecule has 0 radical (unpaired) electrons. The Morgan fingerprint density at radius 1 is 1.35 bits per heavy atom. The normalized spacial score (nSPS) is 25.8. The zero-order valence-electron chi connectivity index (χ0n) is 19.8. The molecule has 0 aliphatic carbocycles. The van der Waals surface area contributed by atoms with Gasteiger partial charge in [-0.1, -0.05) is 18.2 Å². The molecule has 1 aliphatic heterocycles. The molecule has 0 spiro atoms. The number of hydrogen-bond acceptors (Lipinski definition) is 12. The number of aliphatic hydroxyl groups excluding tert-OH is 2. The fourth-order valence-corrected chi connectivity index (χ4v) is 5.40. The largest absolute Gasteiger partial charge is 0.468 e. The minimum absolute atomic E-state index is 0.0920. The van der Waals surface area contributed by atoms with Gasteiger partial charge in [0.15, 0.2) is 5.82 Å². The summed E-state index contributed by atoms with van der Waals surface area (Å²) in [5.74, 6) is -0.420. The molecule has 1 unspecified atom stereocenters. The number of aromatic nitrogens is 3. The maximum Gasteiger partial charge on any atom is 0.459 e. The average Bonchev–Trinajstić information content (AvgIpc) is 3.43. The second kappa shape index (κ2) is 10.4. The summed E-state index contributed by atoms with van der Waals surface area (Å²) in [6, 6.07) is 11.9. The van der Waals surface area contributed by atoms with Crippen LogP contribution in [0.5, 0.6) is 5.75 Å². The SMILES string of the molecule is COC(=O)[C@H](C)N[P@](=O)(OC[C@H]1OC(C#N)(c2ccc3c(N)ncnn23)[C@H](O)[C@@H]1O)Oc1ccccc1. The van der Waals surface area contributed by atoms with Gasteiger partial charge < -0.3 is 29.9 Å². The third-order valence-corrected chi connectivity index (χ3v) is 7.41. The number of anilines is 1. The molecule has 0 saturated carbocycles. The van der Waals surface area contributed by atoms with Crippen molar-refractivity contribution in [2.24, 2.45) is 0 Å².